The Hall–Kier alpha value is -1.34. The summed E-state index contributed by atoms with van der Waals surface area (Å²) < 4.78 is 32.4. The number of hydrogen-bond donors (Lipinski definition) is 2. The van der Waals surface area contributed by atoms with Crippen molar-refractivity contribution in [3.63, 3.8) is 0 Å². The summed E-state index contributed by atoms with van der Waals surface area (Å²) in [7, 11) is -4.21. The summed E-state index contributed by atoms with van der Waals surface area (Å²) in [6.07, 6.45) is 1.05. The predicted octanol–water partition coefficient (Wildman–Crippen LogP) is 2.31. The highest BCUT2D eigenvalue weighted by atomic mass is 35.5. The molecule has 0 bridgehead atoms. The van der Waals surface area contributed by atoms with Gasteiger partial charge in [-0.2, -0.15) is 8.42 Å². The molecule has 1 aliphatic heterocycles. The van der Waals surface area contributed by atoms with Gasteiger partial charge in [0.25, 0.3) is 10.1 Å². The van der Waals surface area contributed by atoms with Crippen LogP contribution in [0.3, 0.4) is 0 Å². The topological polar surface area (TPSA) is 69.6 Å². The molecule has 0 amide bonds. The first-order chi connectivity index (χ1) is 10.1. The van der Waals surface area contributed by atoms with Crippen molar-refractivity contribution in [3.8, 4) is 0 Å². The van der Waals surface area contributed by atoms with Crippen LogP contribution in [0.15, 0.2) is 41.3 Å². The summed E-state index contributed by atoms with van der Waals surface area (Å²) in [6.45, 7) is 3.73. The van der Waals surface area contributed by atoms with E-state index >= 15 is 0 Å². The number of halogens is 1. The maximum atomic E-state index is 11.5. The molecular formula is C15H19ClN2O3S. The Labute approximate surface area is 136 Å². The van der Waals surface area contributed by atoms with Crippen molar-refractivity contribution in [3.05, 3.63) is 36.4 Å². The van der Waals surface area contributed by atoms with Crippen LogP contribution in [0.2, 0.25) is 0 Å². The Balaban J connectivity index is 0.00000176. The van der Waals surface area contributed by atoms with E-state index in [2.05, 4.69) is 10.2 Å². The van der Waals surface area contributed by atoms with Crippen LogP contribution in [-0.4, -0.2) is 39.1 Å². The van der Waals surface area contributed by atoms with Gasteiger partial charge in [0.1, 0.15) is 4.90 Å². The van der Waals surface area contributed by atoms with Gasteiger partial charge in [-0.1, -0.05) is 24.3 Å². The summed E-state index contributed by atoms with van der Waals surface area (Å²) in [6, 6.07) is 10.6. The van der Waals surface area contributed by atoms with Crippen molar-refractivity contribution >= 4 is 39.0 Å². The average molecular weight is 343 g/mol. The van der Waals surface area contributed by atoms with E-state index in [0.29, 0.717) is 5.39 Å². The molecule has 0 unspecified atom stereocenters. The summed E-state index contributed by atoms with van der Waals surface area (Å²) in [5, 5.41) is 4.77. The van der Waals surface area contributed by atoms with Crippen LogP contribution in [-0.2, 0) is 10.1 Å². The third-order valence-electron chi connectivity index (χ3n) is 3.82. The first kappa shape index (κ1) is 17.0. The van der Waals surface area contributed by atoms with Gasteiger partial charge in [-0.3, -0.25) is 4.55 Å². The van der Waals surface area contributed by atoms with Crippen molar-refractivity contribution in [2.24, 2.45) is 0 Å². The zero-order valence-electron chi connectivity index (χ0n) is 12.0. The second kappa shape index (κ2) is 6.83. The van der Waals surface area contributed by atoms with Gasteiger partial charge in [0.05, 0.1) is 0 Å². The maximum Gasteiger partial charge on any atom is 0.295 e. The molecule has 0 radical (unpaired) electrons. The van der Waals surface area contributed by atoms with E-state index in [4.69, 9.17) is 0 Å². The highest BCUT2D eigenvalue weighted by Gasteiger charge is 2.18. The molecule has 2 aromatic carbocycles. The molecule has 0 atom stereocenters. The average Bonchev–Trinajstić information content (AvgIpc) is 2.74. The second-order valence-corrected chi connectivity index (χ2v) is 6.58. The van der Waals surface area contributed by atoms with Crippen molar-refractivity contribution in [2.45, 2.75) is 11.3 Å². The molecule has 1 heterocycles. The lowest BCUT2D eigenvalue weighted by atomic mass is 10.1. The number of hydrogen-bond acceptors (Lipinski definition) is 4. The third kappa shape index (κ3) is 3.35. The minimum Gasteiger partial charge on any atom is -0.370 e. The van der Waals surface area contributed by atoms with Crippen LogP contribution in [0.4, 0.5) is 5.69 Å². The van der Waals surface area contributed by atoms with E-state index in [-0.39, 0.29) is 17.3 Å². The quantitative estimate of drug-likeness (QED) is 0.820. The number of fused-ring (bicyclic) bond motifs is 1. The fourth-order valence-electron chi connectivity index (χ4n) is 2.84. The van der Waals surface area contributed by atoms with Crippen molar-refractivity contribution < 1.29 is 13.0 Å². The lowest BCUT2D eigenvalue weighted by molar-refractivity contribution is 0.484. The predicted molar refractivity (Wildman–Crippen MR) is 90.7 cm³/mol. The van der Waals surface area contributed by atoms with Gasteiger partial charge in [-0.05, 0) is 25.1 Å². The third-order valence-corrected chi connectivity index (χ3v) is 4.73. The number of nitrogens with zero attached hydrogens (tertiary/aromatic N) is 1. The Morgan fingerprint density at radius 2 is 1.73 bits per heavy atom. The minimum absolute atomic E-state index is 0. The Kier molecular flexibility index (Phi) is 5.28. The van der Waals surface area contributed by atoms with Gasteiger partial charge >= 0.3 is 0 Å². The van der Waals surface area contributed by atoms with Crippen molar-refractivity contribution in [1.82, 2.24) is 5.32 Å². The Morgan fingerprint density at radius 3 is 2.45 bits per heavy atom. The molecule has 1 fully saturated rings. The highest BCUT2D eigenvalue weighted by molar-refractivity contribution is 7.86. The SMILES string of the molecule is Cl.O=S(=O)(O)c1ccc(N2CCCNCC2)c2ccccc12. The van der Waals surface area contributed by atoms with Crippen LogP contribution >= 0.6 is 12.4 Å². The smallest absolute Gasteiger partial charge is 0.295 e. The molecule has 3 rings (SSSR count). The standard InChI is InChI=1S/C15H18N2O3S.ClH/c18-21(19,20)15-7-6-14(12-4-1-2-5-13(12)15)17-10-3-8-16-9-11-17;/h1-2,4-7,16H,3,8-11H2,(H,18,19,20);1H. The van der Waals surface area contributed by atoms with Crippen LogP contribution in [0.1, 0.15) is 6.42 Å². The maximum absolute atomic E-state index is 11.5. The molecule has 120 valence electrons. The van der Waals surface area contributed by atoms with E-state index in [9.17, 15) is 13.0 Å². The van der Waals surface area contributed by atoms with Gasteiger partial charge in [0.2, 0.25) is 0 Å². The van der Waals surface area contributed by atoms with Crippen LogP contribution < -0.4 is 10.2 Å². The lowest BCUT2D eigenvalue weighted by Crippen LogP contribution is -2.28. The van der Waals surface area contributed by atoms with Crippen molar-refractivity contribution in [1.29, 1.82) is 0 Å². The summed E-state index contributed by atoms with van der Waals surface area (Å²) >= 11 is 0. The van der Waals surface area contributed by atoms with Gasteiger partial charge in [0, 0.05) is 36.1 Å². The number of anilines is 1. The Bertz CT molecular complexity index is 756. The zero-order chi connectivity index (χ0) is 14.9. The first-order valence-electron chi connectivity index (χ1n) is 7.02. The lowest BCUT2D eigenvalue weighted by Gasteiger charge is -2.24. The number of nitrogens with one attached hydrogen (secondary N) is 1. The van der Waals surface area contributed by atoms with E-state index in [1.807, 2.05) is 12.1 Å². The van der Waals surface area contributed by atoms with Gasteiger partial charge in [-0.25, -0.2) is 0 Å². The van der Waals surface area contributed by atoms with Crippen LogP contribution in [0, 0.1) is 0 Å². The summed E-state index contributed by atoms with van der Waals surface area (Å²) in [5.74, 6) is 0. The van der Waals surface area contributed by atoms with E-state index in [0.717, 1.165) is 43.7 Å². The molecule has 2 N–H and O–H groups in total. The normalized spacial score (nSPS) is 16.1. The largest absolute Gasteiger partial charge is 0.370 e. The zero-order valence-corrected chi connectivity index (χ0v) is 13.7. The number of rotatable bonds is 2. The van der Waals surface area contributed by atoms with Gasteiger partial charge < -0.3 is 10.2 Å². The molecule has 1 saturated heterocycles. The minimum atomic E-state index is -4.21. The summed E-state index contributed by atoms with van der Waals surface area (Å²) in [4.78, 5) is 2.23. The fourth-order valence-corrected chi connectivity index (χ4v) is 3.54. The summed E-state index contributed by atoms with van der Waals surface area (Å²) in [5.41, 5.74) is 1.02. The molecule has 22 heavy (non-hydrogen) atoms. The fraction of sp³-hybridized carbons (Fsp3) is 0.333. The highest BCUT2D eigenvalue weighted by Crippen LogP contribution is 2.32. The van der Waals surface area contributed by atoms with Crippen molar-refractivity contribution in [2.75, 3.05) is 31.1 Å². The van der Waals surface area contributed by atoms with Crippen LogP contribution in [0.5, 0.6) is 0 Å². The molecule has 0 aromatic heterocycles. The van der Waals surface area contributed by atoms with Gasteiger partial charge in [-0.15, -0.1) is 12.4 Å². The molecule has 1 aliphatic rings. The molecular weight excluding hydrogens is 324 g/mol. The second-order valence-electron chi connectivity index (χ2n) is 5.19. The van der Waals surface area contributed by atoms with E-state index in [1.54, 1.807) is 18.2 Å². The molecule has 0 saturated carbocycles. The Morgan fingerprint density at radius 1 is 1.00 bits per heavy atom. The molecule has 0 aliphatic carbocycles. The molecule has 2 aromatic rings. The monoisotopic (exact) mass is 342 g/mol. The molecule has 0 spiro atoms. The molecule has 5 nitrogen and oxygen atoms in total. The van der Waals surface area contributed by atoms with Gasteiger partial charge in [0.15, 0.2) is 0 Å². The first-order valence-corrected chi connectivity index (χ1v) is 8.46. The van der Waals surface area contributed by atoms with E-state index in [1.165, 1.54) is 6.07 Å². The molecule has 7 heteroatoms. The van der Waals surface area contributed by atoms with E-state index < -0.39 is 10.1 Å². The van der Waals surface area contributed by atoms with Crippen LogP contribution in [0.25, 0.3) is 10.8 Å². The number of benzene rings is 2.